The molecule has 0 bridgehead atoms. The molecule has 0 fully saturated rings. The molecule has 0 aliphatic heterocycles. The highest BCUT2D eigenvalue weighted by Crippen LogP contribution is 2.35. The first-order chi connectivity index (χ1) is 9.90. The first-order valence-corrected chi connectivity index (χ1v) is 6.95. The van der Waals surface area contributed by atoms with Crippen LogP contribution in [0.3, 0.4) is 0 Å². The van der Waals surface area contributed by atoms with E-state index in [-0.39, 0.29) is 16.9 Å². The summed E-state index contributed by atoms with van der Waals surface area (Å²) in [6, 6.07) is 11.0. The van der Waals surface area contributed by atoms with E-state index in [2.05, 4.69) is 13.8 Å². The van der Waals surface area contributed by atoms with Gasteiger partial charge in [0.05, 0.1) is 0 Å². The van der Waals surface area contributed by atoms with Crippen LogP contribution in [0.1, 0.15) is 36.1 Å². The van der Waals surface area contributed by atoms with Crippen LogP contribution >= 0.6 is 0 Å². The van der Waals surface area contributed by atoms with Gasteiger partial charge in [0.2, 0.25) is 0 Å². The van der Waals surface area contributed by atoms with Crippen molar-refractivity contribution in [3.63, 3.8) is 0 Å². The van der Waals surface area contributed by atoms with E-state index in [1.54, 1.807) is 12.1 Å². The number of phenolic OH excluding ortho intramolecular Hbond substituents is 2. The molecule has 4 heteroatoms. The average molecular weight is 286 g/mol. The van der Waals surface area contributed by atoms with Crippen LogP contribution in [0, 0.1) is 0 Å². The van der Waals surface area contributed by atoms with Crippen molar-refractivity contribution in [1.29, 1.82) is 0 Å². The van der Waals surface area contributed by atoms with Crippen molar-refractivity contribution in [3.8, 4) is 11.5 Å². The Labute approximate surface area is 125 Å². The number of hydrogen-bond acceptors (Lipinski definition) is 4. The summed E-state index contributed by atoms with van der Waals surface area (Å²) in [5, 5.41) is 19.5. The minimum absolute atomic E-state index is 0.213. The molecule has 2 aromatic rings. The van der Waals surface area contributed by atoms with E-state index in [1.165, 1.54) is 0 Å². The number of aromatic hydroxyl groups is 2. The summed E-state index contributed by atoms with van der Waals surface area (Å²) in [5.41, 5.74) is 14.6. The van der Waals surface area contributed by atoms with Gasteiger partial charge in [0, 0.05) is 29.6 Å². The van der Waals surface area contributed by atoms with E-state index < -0.39 is 0 Å². The summed E-state index contributed by atoms with van der Waals surface area (Å²) in [6.07, 6.45) is 0. The molecular formula is C17H22N2O2. The molecule has 21 heavy (non-hydrogen) atoms. The number of rotatable bonds is 4. The van der Waals surface area contributed by atoms with Crippen LogP contribution in [-0.4, -0.2) is 10.2 Å². The van der Waals surface area contributed by atoms with Crippen molar-refractivity contribution in [2.24, 2.45) is 11.5 Å². The molecular weight excluding hydrogens is 264 g/mol. The standard InChI is InChI=1S/C17H22N2O2/c1-17(2,13-3-5-15(20)11(7-13)9-18)14-4-6-16(21)12(8-14)10-19/h3-8,20-21H,9-10,18-19H2,1-2H3. The fraction of sp³-hybridized carbons (Fsp3) is 0.294. The van der Waals surface area contributed by atoms with E-state index in [0.29, 0.717) is 13.1 Å². The third-order valence-corrected chi connectivity index (χ3v) is 4.04. The molecule has 0 radical (unpaired) electrons. The predicted molar refractivity (Wildman–Crippen MR) is 84.1 cm³/mol. The molecule has 2 aromatic carbocycles. The monoisotopic (exact) mass is 286 g/mol. The first-order valence-electron chi connectivity index (χ1n) is 6.95. The summed E-state index contributed by atoms with van der Waals surface area (Å²) in [6.45, 7) is 4.76. The lowest BCUT2D eigenvalue weighted by atomic mass is 9.77. The average Bonchev–Trinajstić information content (AvgIpc) is 2.47. The summed E-state index contributed by atoms with van der Waals surface area (Å²) >= 11 is 0. The second-order valence-corrected chi connectivity index (χ2v) is 5.72. The van der Waals surface area contributed by atoms with Crippen LogP contribution in [-0.2, 0) is 18.5 Å². The Morgan fingerprint density at radius 2 is 1.19 bits per heavy atom. The molecule has 0 unspecified atom stereocenters. The highest BCUT2D eigenvalue weighted by molar-refractivity contribution is 5.46. The Kier molecular flexibility index (Phi) is 4.21. The van der Waals surface area contributed by atoms with Gasteiger partial charge in [-0.15, -0.1) is 0 Å². The van der Waals surface area contributed by atoms with E-state index in [0.717, 1.165) is 22.3 Å². The van der Waals surface area contributed by atoms with Crippen molar-refractivity contribution in [2.45, 2.75) is 32.4 Å². The number of phenols is 2. The molecule has 6 N–H and O–H groups in total. The maximum atomic E-state index is 9.76. The van der Waals surface area contributed by atoms with Crippen LogP contribution in [0.15, 0.2) is 36.4 Å². The molecule has 0 heterocycles. The van der Waals surface area contributed by atoms with Crippen molar-refractivity contribution in [3.05, 3.63) is 58.7 Å². The van der Waals surface area contributed by atoms with Gasteiger partial charge in [0.15, 0.2) is 0 Å². The van der Waals surface area contributed by atoms with Crippen molar-refractivity contribution in [1.82, 2.24) is 0 Å². The lowest BCUT2D eigenvalue weighted by molar-refractivity contribution is 0.466. The van der Waals surface area contributed by atoms with Gasteiger partial charge in [0.1, 0.15) is 11.5 Å². The fourth-order valence-electron chi connectivity index (χ4n) is 2.44. The maximum absolute atomic E-state index is 9.76. The second kappa shape index (κ2) is 5.76. The zero-order valence-electron chi connectivity index (χ0n) is 12.4. The number of hydrogen-bond donors (Lipinski definition) is 4. The van der Waals surface area contributed by atoms with Crippen LogP contribution in [0.25, 0.3) is 0 Å². The van der Waals surface area contributed by atoms with E-state index in [1.807, 2.05) is 24.3 Å². The smallest absolute Gasteiger partial charge is 0.120 e. The van der Waals surface area contributed by atoms with Gasteiger partial charge in [-0.1, -0.05) is 26.0 Å². The zero-order valence-corrected chi connectivity index (χ0v) is 12.4. The number of nitrogens with two attached hydrogens (primary N) is 2. The van der Waals surface area contributed by atoms with E-state index in [4.69, 9.17) is 11.5 Å². The second-order valence-electron chi connectivity index (χ2n) is 5.72. The molecule has 0 saturated heterocycles. The van der Waals surface area contributed by atoms with Gasteiger partial charge >= 0.3 is 0 Å². The van der Waals surface area contributed by atoms with Crippen LogP contribution in [0.4, 0.5) is 0 Å². The van der Waals surface area contributed by atoms with Crippen LogP contribution in [0.5, 0.6) is 11.5 Å². The molecule has 4 nitrogen and oxygen atoms in total. The predicted octanol–water partition coefficient (Wildman–Crippen LogP) is 2.34. The summed E-state index contributed by atoms with van der Waals surface area (Å²) < 4.78 is 0. The maximum Gasteiger partial charge on any atom is 0.120 e. The van der Waals surface area contributed by atoms with Crippen molar-refractivity contribution in [2.75, 3.05) is 0 Å². The lowest BCUT2D eigenvalue weighted by Crippen LogP contribution is -2.20. The van der Waals surface area contributed by atoms with Crippen LogP contribution in [0.2, 0.25) is 0 Å². The van der Waals surface area contributed by atoms with Gasteiger partial charge in [-0.3, -0.25) is 0 Å². The lowest BCUT2D eigenvalue weighted by Gasteiger charge is -2.27. The molecule has 112 valence electrons. The quantitative estimate of drug-likeness (QED) is 0.694. The third kappa shape index (κ3) is 2.86. The van der Waals surface area contributed by atoms with Crippen molar-refractivity contribution < 1.29 is 10.2 Å². The molecule has 0 aliphatic rings. The minimum atomic E-state index is -0.282. The summed E-state index contributed by atoms with van der Waals surface area (Å²) in [5.74, 6) is 0.427. The Morgan fingerprint density at radius 1 is 0.810 bits per heavy atom. The normalized spacial score (nSPS) is 11.6. The van der Waals surface area contributed by atoms with Crippen molar-refractivity contribution >= 4 is 0 Å². The molecule has 2 rings (SSSR count). The third-order valence-electron chi connectivity index (χ3n) is 4.04. The van der Waals surface area contributed by atoms with Gasteiger partial charge in [-0.25, -0.2) is 0 Å². The molecule has 0 saturated carbocycles. The Bertz CT molecular complexity index is 596. The fourth-order valence-corrected chi connectivity index (χ4v) is 2.44. The van der Waals surface area contributed by atoms with E-state index in [9.17, 15) is 10.2 Å². The van der Waals surface area contributed by atoms with E-state index >= 15 is 0 Å². The largest absolute Gasteiger partial charge is 0.508 e. The molecule has 0 amide bonds. The highest BCUT2D eigenvalue weighted by atomic mass is 16.3. The highest BCUT2D eigenvalue weighted by Gasteiger charge is 2.24. The Balaban J connectivity index is 2.50. The molecule has 0 atom stereocenters. The van der Waals surface area contributed by atoms with Gasteiger partial charge in [0.25, 0.3) is 0 Å². The van der Waals surface area contributed by atoms with Gasteiger partial charge in [-0.2, -0.15) is 0 Å². The molecule has 0 aromatic heterocycles. The molecule has 0 spiro atoms. The van der Waals surface area contributed by atoms with Gasteiger partial charge < -0.3 is 21.7 Å². The van der Waals surface area contributed by atoms with Crippen LogP contribution < -0.4 is 11.5 Å². The zero-order chi connectivity index (χ0) is 15.6. The first kappa shape index (κ1) is 15.4. The summed E-state index contributed by atoms with van der Waals surface area (Å²) in [7, 11) is 0. The Hall–Kier alpha value is -2.04. The topological polar surface area (TPSA) is 92.5 Å². The summed E-state index contributed by atoms with van der Waals surface area (Å²) in [4.78, 5) is 0. The Morgan fingerprint density at radius 3 is 1.52 bits per heavy atom. The number of benzene rings is 2. The minimum Gasteiger partial charge on any atom is -0.508 e. The van der Waals surface area contributed by atoms with Gasteiger partial charge in [-0.05, 0) is 35.4 Å². The molecule has 0 aliphatic carbocycles. The SMILES string of the molecule is CC(C)(c1ccc(O)c(CN)c1)c1ccc(O)c(CN)c1.